The number of hydrogen-bond donors (Lipinski definition) is 2. The van der Waals surface area contributed by atoms with Gasteiger partial charge in [0.15, 0.2) is 0 Å². The summed E-state index contributed by atoms with van der Waals surface area (Å²) in [5.74, 6) is 2.52. The Morgan fingerprint density at radius 1 is 1.20 bits per heavy atom. The van der Waals surface area contributed by atoms with Crippen molar-refractivity contribution >= 4 is 23.4 Å². The number of anilines is 1. The van der Waals surface area contributed by atoms with Gasteiger partial charge in [-0.3, -0.25) is 4.79 Å². The zero-order valence-electron chi connectivity index (χ0n) is 14.8. The summed E-state index contributed by atoms with van der Waals surface area (Å²) in [5, 5.41) is 3.05. The van der Waals surface area contributed by atoms with Gasteiger partial charge in [0.05, 0.1) is 5.41 Å². The van der Waals surface area contributed by atoms with E-state index in [1.54, 1.807) is 0 Å². The SMILES string of the molecule is NCC1(C(=O)Nc2ccc(CCN3CCSCC3)cc2)CCOCC1. The summed E-state index contributed by atoms with van der Waals surface area (Å²) in [6.45, 7) is 5.10. The number of amides is 1. The molecule has 138 valence electrons. The smallest absolute Gasteiger partial charge is 0.232 e. The molecule has 0 atom stereocenters. The number of nitrogens with zero attached hydrogens (tertiary/aromatic N) is 1. The highest BCUT2D eigenvalue weighted by Crippen LogP contribution is 2.31. The number of hydrogen-bond acceptors (Lipinski definition) is 5. The first kappa shape index (κ1) is 18.7. The van der Waals surface area contributed by atoms with E-state index in [4.69, 9.17) is 10.5 Å². The van der Waals surface area contributed by atoms with Crippen molar-refractivity contribution in [3.63, 3.8) is 0 Å². The van der Waals surface area contributed by atoms with E-state index >= 15 is 0 Å². The highest BCUT2D eigenvalue weighted by atomic mass is 32.2. The molecule has 0 aromatic heterocycles. The van der Waals surface area contributed by atoms with Gasteiger partial charge in [-0.15, -0.1) is 0 Å². The van der Waals surface area contributed by atoms with Gasteiger partial charge in [-0.1, -0.05) is 12.1 Å². The van der Waals surface area contributed by atoms with Gasteiger partial charge in [-0.05, 0) is 37.0 Å². The Morgan fingerprint density at radius 3 is 2.52 bits per heavy atom. The Bertz CT molecular complexity index is 552. The van der Waals surface area contributed by atoms with Crippen molar-refractivity contribution in [3.8, 4) is 0 Å². The summed E-state index contributed by atoms with van der Waals surface area (Å²) in [6, 6.07) is 8.24. The average Bonchev–Trinajstić information content (AvgIpc) is 2.68. The van der Waals surface area contributed by atoms with E-state index in [2.05, 4.69) is 22.3 Å². The van der Waals surface area contributed by atoms with Crippen LogP contribution in [0.4, 0.5) is 5.69 Å². The number of thioether (sulfide) groups is 1. The van der Waals surface area contributed by atoms with Crippen LogP contribution in [0.3, 0.4) is 0 Å². The van der Waals surface area contributed by atoms with Crippen LogP contribution in [-0.2, 0) is 16.0 Å². The minimum atomic E-state index is -0.483. The second-order valence-corrected chi connectivity index (χ2v) is 8.18. The van der Waals surface area contributed by atoms with Crippen LogP contribution in [0.25, 0.3) is 0 Å². The average molecular weight is 364 g/mol. The lowest BCUT2D eigenvalue weighted by molar-refractivity contribution is -0.130. The van der Waals surface area contributed by atoms with Crippen molar-refractivity contribution in [1.29, 1.82) is 0 Å². The van der Waals surface area contributed by atoms with E-state index in [0.717, 1.165) is 18.7 Å². The summed E-state index contributed by atoms with van der Waals surface area (Å²) >= 11 is 2.04. The Morgan fingerprint density at radius 2 is 1.88 bits per heavy atom. The second kappa shape index (κ2) is 9.03. The molecule has 2 heterocycles. The van der Waals surface area contributed by atoms with Crippen LogP contribution in [0, 0.1) is 5.41 Å². The maximum absolute atomic E-state index is 12.7. The Hall–Kier alpha value is -1.08. The van der Waals surface area contributed by atoms with Crippen LogP contribution < -0.4 is 11.1 Å². The molecule has 2 aliphatic rings. The number of rotatable bonds is 6. The van der Waals surface area contributed by atoms with Crippen LogP contribution in [-0.4, -0.2) is 61.7 Å². The zero-order valence-corrected chi connectivity index (χ0v) is 15.7. The topological polar surface area (TPSA) is 67.6 Å². The van der Waals surface area contributed by atoms with Gasteiger partial charge in [-0.2, -0.15) is 11.8 Å². The van der Waals surface area contributed by atoms with Crippen molar-refractivity contribution < 1.29 is 9.53 Å². The van der Waals surface area contributed by atoms with Crippen LogP contribution >= 0.6 is 11.8 Å². The molecule has 6 heteroatoms. The third-order valence-electron chi connectivity index (χ3n) is 5.35. The molecule has 1 amide bonds. The van der Waals surface area contributed by atoms with Gasteiger partial charge in [-0.25, -0.2) is 0 Å². The molecular weight excluding hydrogens is 334 g/mol. The van der Waals surface area contributed by atoms with E-state index in [0.29, 0.717) is 32.6 Å². The predicted octanol–water partition coefficient (Wildman–Crippen LogP) is 1.97. The molecule has 3 N–H and O–H groups in total. The minimum absolute atomic E-state index is 0.0249. The van der Waals surface area contributed by atoms with Crippen LogP contribution in [0.1, 0.15) is 18.4 Å². The molecule has 3 rings (SSSR count). The molecule has 5 nitrogen and oxygen atoms in total. The molecule has 0 bridgehead atoms. The van der Waals surface area contributed by atoms with E-state index in [9.17, 15) is 4.79 Å². The molecule has 0 saturated carbocycles. The van der Waals surface area contributed by atoms with Crippen molar-refractivity contribution in [2.75, 3.05) is 56.2 Å². The third-order valence-corrected chi connectivity index (χ3v) is 6.30. The lowest BCUT2D eigenvalue weighted by atomic mass is 9.79. The number of benzene rings is 1. The normalized spacial score (nSPS) is 21.0. The summed E-state index contributed by atoms with van der Waals surface area (Å²) < 4.78 is 5.38. The summed E-state index contributed by atoms with van der Waals surface area (Å²) in [5.41, 5.74) is 7.59. The molecule has 25 heavy (non-hydrogen) atoms. The summed E-state index contributed by atoms with van der Waals surface area (Å²) in [6.07, 6.45) is 2.45. The Balaban J connectivity index is 1.52. The third kappa shape index (κ3) is 4.97. The molecule has 0 radical (unpaired) electrons. The summed E-state index contributed by atoms with van der Waals surface area (Å²) in [4.78, 5) is 15.2. The minimum Gasteiger partial charge on any atom is -0.381 e. The second-order valence-electron chi connectivity index (χ2n) is 6.95. The first-order valence-corrected chi connectivity index (χ1v) is 10.4. The number of carbonyl (C=O) groups excluding carboxylic acids is 1. The fourth-order valence-corrected chi connectivity index (χ4v) is 4.40. The molecular formula is C19H29N3O2S. The van der Waals surface area contributed by atoms with Gasteiger partial charge in [0.1, 0.15) is 0 Å². The molecule has 1 aromatic rings. The van der Waals surface area contributed by atoms with Gasteiger partial charge in [0, 0.05) is 56.6 Å². The fraction of sp³-hybridized carbons (Fsp3) is 0.632. The molecule has 2 fully saturated rings. The number of ether oxygens (including phenoxy) is 1. The maximum Gasteiger partial charge on any atom is 0.232 e. The molecule has 0 unspecified atom stereocenters. The van der Waals surface area contributed by atoms with E-state index < -0.39 is 5.41 Å². The largest absolute Gasteiger partial charge is 0.381 e. The van der Waals surface area contributed by atoms with Crippen molar-refractivity contribution in [2.45, 2.75) is 19.3 Å². The number of nitrogens with one attached hydrogen (secondary N) is 1. The van der Waals surface area contributed by atoms with Crippen molar-refractivity contribution in [3.05, 3.63) is 29.8 Å². The monoisotopic (exact) mass is 363 g/mol. The molecule has 0 spiro atoms. The highest BCUT2D eigenvalue weighted by Gasteiger charge is 2.38. The van der Waals surface area contributed by atoms with E-state index in [1.807, 2.05) is 23.9 Å². The quantitative estimate of drug-likeness (QED) is 0.809. The van der Waals surface area contributed by atoms with E-state index in [1.165, 1.54) is 30.2 Å². The zero-order chi connectivity index (χ0) is 17.5. The van der Waals surface area contributed by atoms with Gasteiger partial charge < -0.3 is 20.7 Å². The van der Waals surface area contributed by atoms with Crippen LogP contribution in [0.2, 0.25) is 0 Å². The first-order chi connectivity index (χ1) is 12.2. The summed E-state index contributed by atoms with van der Waals surface area (Å²) in [7, 11) is 0. The molecule has 1 aromatic carbocycles. The predicted molar refractivity (Wildman–Crippen MR) is 104 cm³/mol. The maximum atomic E-state index is 12.7. The van der Waals surface area contributed by atoms with Gasteiger partial charge >= 0.3 is 0 Å². The van der Waals surface area contributed by atoms with Gasteiger partial charge in [0.25, 0.3) is 0 Å². The molecule has 2 aliphatic heterocycles. The lowest BCUT2D eigenvalue weighted by Crippen LogP contribution is -2.46. The van der Waals surface area contributed by atoms with Crippen molar-refractivity contribution in [1.82, 2.24) is 4.90 Å². The first-order valence-electron chi connectivity index (χ1n) is 9.20. The lowest BCUT2D eigenvalue weighted by Gasteiger charge is -2.34. The fourth-order valence-electron chi connectivity index (χ4n) is 3.42. The Labute approximate surface area is 154 Å². The number of nitrogens with two attached hydrogens (primary N) is 1. The Kier molecular flexibility index (Phi) is 6.76. The molecule has 2 saturated heterocycles. The van der Waals surface area contributed by atoms with Crippen molar-refractivity contribution in [2.24, 2.45) is 11.1 Å². The standard InChI is InChI=1S/C19H29N3O2S/c20-15-19(6-11-24-12-7-19)18(23)21-17-3-1-16(2-4-17)5-8-22-9-13-25-14-10-22/h1-4H,5-15,20H2,(H,21,23). The van der Waals surface area contributed by atoms with Crippen LogP contribution in [0.5, 0.6) is 0 Å². The van der Waals surface area contributed by atoms with Crippen LogP contribution in [0.15, 0.2) is 24.3 Å². The van der Waals surface area contributed by atoms with Gasteiger partial charge in [0.2, 0.25) is 5.91 Å². The molecule has 0 aliphatic carbocycles. The van der Waals surface area contributed by atoms with E-state index in [-0.39, 0.29) is 5.91 Å². The number of carbonyl (C=O) groups is 1. The highest BCUT2D eigenvalue weighted by molar-refractivity contribution is 7.99.